The summed E-state index contributed by atoms with van der Waals surface area (Å²) in [4.78, 5) is 18.2. The Morgan fingerprint density at radius 3 is 2.84 bits per heavy atom. The monoisotopic (exact) mass is 334 g/mol. The highest BCUT2D eigenvalue weighted by Crippen LogP contribution is 2.48. The highest BCUT2D eigenvalue weighted by molar-refractivity contribution is 5.72. The Kier molecular flexibility index (Phi) is 3.14. The van der Waals surface area contributed by atoms with E-state index in [0.717, 1.165) is 23.2 Å². The van der Waals surface area contributed by atoms with Gasteiger partial charge in [-0.05, 0) is 30.7 Å². The highest BCUT2D eigenvalue weighted by Gasteiger charge is 2.44. The molecule has 1 atom stereocenters. The molecule has 0 saturated heterocycles. The third kappa shape index (κ3) is 2.04. The number of benzene rings is 1. The van der Waals surface area contributed by atoms with Crippen molar-refractivity contribution in [3.05, 3.63) is 52.1 Å². The summed E-state index contributed by atoms with van der Waals surface area (Å²) in [6.45, 7) is 2.29. The molecule has 0 spiro atoms. The number of H-pyrrole nitrogens is 1. The predicted molar refractivity (Wildman–Crippen MR) is 96.7 cm³/mol. The van der Waals surface area contributed by atoms with E-state index >= 15 is 0 Å². The van der Waals surface area contributed by atoms with Crippen molar-refractivity contribution in [1.82, 2.24) is 19.6 Å². The van der Waals surface area contributed by atoms with Crippen molar-refractivity contribution in [3.63, 3.8) is 0 Å². The van der Waals surface area contributed by atoms with Crippen molar-refractivity contribution in [2.45, 2.75) is 50.9 Å². The maximum Gasteiger partial charge on any atom is 0.264 e. The summed E-state index contributed by atoms with van der Waals surface area (Å²) in [5.41, 5.74) is 4.02. The number of nitrogens with zero attached hydrogens (tertiary/aromatic N) is 3. The van der Waals surface area contributed by atoms with Crippen LogP contribution in [0.4, 0.5) is 0 Å². The summed E-state index contributed by atoms with van der Waals surface area (Å²) in [5.74, 6) is 1.05. The third-order valence-corrected chi connectivity index (χ3v) is 6.36. The molecule has 1 aromatic carbocycles. The van der Waals surface area contributed by atoms with Crippen LogP contribution in [0.15, 0.2) is 35.4 Å². The Hall–Kier alpha value is -2.43. The number of aromatic nitrogens is 4. The molecule has 128 valence electrons. The van der Waals surface area contributed by atoms with E-state index < -0.39 is 0 Å². The molecule has 2 aromatic heterocycles. The van der Waals surface area contributed by atoms with Crippen molar-refractivity contribution in [2.24, 2.45) is 5.92 Å². The number of aromatic amines is 1. The van der Waals surface area contributed by atoms with Crippen molar-refractivity contribution in [3.8, 4) is 11.3 Å². The lowest BCUT2D eigenvalue weighted by Crippen LogP contribution is -2.44. The fraction of sp³-hybridized carbons (Fsp3) is 0.450. The van der Waals surface area contributed by atoms with Crippen molar-refractivity contribution < 1.29 is 0 Å². The van der Waals surface area contributed by atoms with Gasteiger partial charge in [-0.1, -0.05) is 50.5 Å². The molecule has 5 rings (SSSR count). The van der Waals surface area contributed by atoms with Gasteiger partial charge in [0.05, 0.1) is 11.3 Å². The van der Waals surface area contributed by atoms with Crippen LogP contribution in [-0.4, -0.2) is 19.6 Å². The quantitative estimate of drug-likeness (QED) is 0.741. The minimum absolute atomic E-state index is 0.0383. The average molecular weight is 334 g/mol. The second-order valence-corrected chi connectivity index (χ2v) is 7.78. The Morgan fingerprint density at radius 1 is 1.20 bits per heavy atom. The first-order valence-electron chi connectivity index (χ1n) is 9.23. The first-order chi connectivity index (χ1) is 12.2. The van der Waals surface area contributed by atoms with Gasteiger partial charge >= 0.3 is 0 Å². The number of hydrogen-bond donors (Lipinski definition) is 1. The number of fused-ring (bicyclic) bond motifs is 4. The first kappa shape index (κ1) is 14.9. The van der Waals surface area contributed by atoms with Gasteiger partial charge in [0, 0.05) is 11.0 Å². The molecule has 0 bridgehead atoms. The lowest BCUT2D eigenvalue weighted by atomic mass is 9.60. The lowest BCUT2D eigenvalue weighted by Gasteiger charge is -2.43. The van der Waals surface area contributed by atoms with Crippen LogP contribution < -0.4 is 5.56 Å². The Morgan fingerprint density at radius 2 is 2.00 bits per heavy atom. The number of rotatable bonds is 1. The molecule has 2 aliphatic rings. The molecule has 3 aromatic rings. The van der Waals surface area contributed by atoms with E-state index in [1.54, 1.807) is 10.7 Å². The second kappa shape index (κ2) is 5.28. The molecule has 5 heteroatoms. The van der Waals surface area contributed by atoms with Crippen LogP contribution in [0.5, 0.6) is 0 Å². The van der Waals surface area contributed by atoms with Crippen LogP contribution in [0.2, 0.25) is 0 Å². The predicted octanol–water partition coefficient (Wildman–Crippen LogP) is 3.48. The van der Waals surface area contributed by atoms with Gasteiger partial charge in [0.1, 0.15) is 6.33 Å². The Balaban J connectivity index is 1.83. The number of nitrogens with one attached hydrogen (secondary N) is 1. The van der Waals surface area contributed by atoms with E-state index in [9.17, 15) is 4.79 Å². The average Bonchev–Trinajstić information content (AvgIpc) is 3.11. The summed E-state index contributed by atoms with van der Waals surface area (Å²) in [5, 5.41) is 6.88. The van der Waals surface area contributed by atoms with Crippen molar-refractivity contribution in [1.29, 1.82) is 0 Å². The number of hydrogen-bond acceptors (Lipinski definition) is 3. The van der Waals surface area contributed by atoms with Crippen LogP contribution in [0.3, 0.4) is 0 Å². The maximum atomic E-state index is 13.4. The summed E-state index contributed by atoms with van der Waals surface area (Å²) in [7, 11) is 0. The van der Waals surface area contributed by atoms with Gasteiger partial charge in [-0.25, -0.2) is 14.5 Å². The second-order valence-electron chi connectivity index (χ2n) is 7.78. The summed E-state index contributed by atoms with van der Waals surface area (Å²) in [6.07, 6.45) is 8.71. The molecule has 1 fully saturated rings. The molecular formula is C20H22N4O. The van der Waals surface area contributed by atoms with Crippen LogP contribution in [0, 0.1) is 5.92 Å². The van der Waals surface area contributed by atoms with E-state index in [4.69, 9.17) is 4.98 Å². The van der Waals surface area contributed by atoms with Gasteiger partial charge in [-0.15, -0.1) is 0 Å². The molecule has 2 aliphatic carbocycles. The summed E-state index contributed by atoms with van der Waals surface area (Å²) in [6, 6.07) is 8.40. The van der Waals surface area contributed by atoms with Crippen LogP contribution in [0.25, 0.3) is 17.0 Å². The zero-order valence-corrected chi connectivity index (χ0v) is 14.5. The lowest BCUT2D eigenvalue weighted by molar-refractivity contribution is 0.213. The van der Waals surface area contributed by atoms with Crippen LogP contribution in [-0.2, 0) is 11.8 Å². The summed E-state index contributed by atoms with van der Waals surface area (Å²) >= 11 is 0. The molecule has 1 N–H and O–H groups in total. The molecule has 0 unspecified atom stereocenters. The maximum absolute atomic E-state index is 13.4. The zero-order valence-electron chi connectivity index (χ0n) is 14.5. The van der Waals surface area contributed by atoms with Gasteiger partial charge in [0.25, 0.3) is 5.56 Å². The molecule has 0 aliphatic heterocycles. The molecular weight excluding hydrogens is 312 g/mol. The van der Waals surface area contributed by atoms with Crippen molar-refractivity contribution in [2.75, 3.05) is 0 Å². The normalized spacial score (nSPS) is 23.4. The van der Waals surface area contributed by atoms with Gasteiger partial charge in [-0.2, -0.15) is 5.10 Å². The zero-order chi connectivity index (χ0) is 17.0. The first-order valence-corrected chi connectivity index (χ1v) is 9.23. The molecule has 5 nitrogen and oxygen atoms in total. The molecule has 1 saturated carbocycles. The third-order valence-electron chi connectivity index (χ3n) is 6.36. The van der Waals surface area contributed by atoms with Gasteiger partial charge in [0.2, 0.25) is 5.78 Å². The van der Waals surface area contributed by atoms with Gasteiger partial charge < -0.3 is 0 Å². The van der Waals surface area contributed by atoms with E-state index in [-0.39, 0.29) is 11.0 Å². The topological polar surface area (TPSA) is 63.1 Å². The van der Waals surface area contributed by atoms with Crippen LogP contribution >= 0.6 is 0 Å². The van der Waals surface area contributed by atoms with E-state index in [1.165, 1.54) is 37.7 Å². The highest BCUT2D eigenvalue weighted by atomic mass is 16.1. The minimum atomic E-state index is -0.160. The Bertz CT molecular complexity index is 1010. The van der Waals surface area contributed by atoms with E-state index in [0.29, 0.717) is 11.7 Å². The van der Waals surface area contributed by atoms with Crippen molar-refractivity contribution >= 4 is 5.78 Å². The van der Waals surface area contributed by atoms with E-state index in [2.05, 4.69) is 35.3 Å². The molecule has 0 amide bonds. The largest absolute Gasteiger partial charge is 0.268 e. The van der Waals surface area contributed by atoms with Gasteiger partial charge in [-0.3, -0.25) is 4.79 Å². The Labute approximate surface area is 146 Å². The summed E-state index contributed by atoms with van der Waals surface area (Å²) < 4.78 is 1.56. The van der Waals surface area contributed by atoms with Gasteiger partial charge in [0.15, 0.2) is 0 Å². The fourth-order valence-electron chi connectivity index (χ4n) is 5.05. The van der Waals surface area contributed by atoms with Crippen LogP contribution in [0.1, 0.15) is 50.2 Å². The molecule has 2 heterocycles. The molecule has 25 heavy (non-hydrogen) atoms. The molecule has 0 radical (unpaired) electrons. The van der Waals surface area contributed by atoms with E-state index in [1.807, 2.05) is 6.07 Å². The standard InChI is InChI=1S/C20H22N4O/c1-20(14-8-3-2-4-9-14)11-13-7-5-6-10-15(13)17-16(20)18(25)24-12-21-23-19(24)22-17/h5-7,10,12,14H,2-4,8-9,11H2,1H3,(H,22,23)/t20-/m0/s1. The SMILES string of the molecule is C[C@@]1(C2CCCCC2)Cc2ccccc2-c2nc3[nH]ncn3c(=O)c21. The smallest absolute Gasteiger partial charge is 0.264 e. The minimum Gasteiger partial charge on any atom is -0.268 e. The fourth-order valence-corrected chi connectivity index (χ4v) is 5.05.